The third kappa shape index (κ3) is 5.05. The summed E-state index contributed by atoms with van der Waals surface area (Å²) in [7, 11) is -3.77. The average molecular weight is 506 g/mol. The molecule has 0 spiro atoms. The number of ether oxygens (including phenoxy) is 1. The Labute approximate surface area is 207 Å². The van der Waals surface area contributed by atoms with Gasteiger partial charge in [0.1, 0.15) is 10.7 Å². The highest BCUT2D eigenvalue weighted by Gasteiger charge is 2.42. The standard InChI is InChI=1S/C23H35N7O4S/c1-5-8-13-34-23-18(21-26-22(31)20-16(4)25-19(6-2)30(20)27-21)14-17(15-24-23)35(32,33)29-11-9-28(7-3)10-12-29/h14-16,20H,5-13H2,1-4H3,(H,26,27,31). The molecule has 0 radical (unpaired) electrons. The topological polar surface area (TPSA) is 120 Å². The van der Waals surface area contributed by atoms with Crippen LogP contribution < -0.4 is 10.1 Å². The van der Waals surface area contributed by atoms with Crippen molar-refractivity contribution in [2.75, 3.05) is 39.3 Å². The fraction of sp³-hybridized carbons (Fsp3) is 0.652. The monoisotopic (exact) mass is 505 g/mol. The summed E-state index contributed by atoms with van der Waals surface area (Å²) in [5.74, 6) is 0.938. The molecular weight excluding hydrogens is 470 g/mol. The van der Waals surface area contributed by atoms with Crippen LogP contribution in [0, 0.1) is 0 Å². The number of aliphatic imine (C=N–C) groups is 1. The molecule has 11 nitrogen and oxygen atoms in total. The van der Waals surface area contributed by atoms with Gasteiger partial charge in [-0.25, -0.2) is 18.4 Å². The number of carbonyl (C=O) groups is 1. The van der Waals surface area contributed by atoms with Crippen LogP contribution in [0.25, 0.3) is 0 Å². The van der Waals surface area contributed by atoms with Gasteiger partial charge in [0, 0.05) is 32.6 Å². The lowest BCUT2D eigenvalue weighted by molar-refractivity contribution is -0.124. The zero-order chi connectivity index (χ0) is 25.2. The molecule has 3 aliphatic heterocycles. The molecule has 0 bridgehead atoms. The first-order valence-corrected chi connectivity index (χ1v) is 13.8. The van der Waals surface area contributed by atoms with Gasteiger partial charge in [-0.2, -0.15) is 9.41 Å². The average Bonchev–Trinajstić information content (AvgIpc) is 3.20. The van der Waals surface area contributed by atoms with Gasteiger partial charge in [-0.3, -0.25) is 9.79 Å². The van der Waals surface area contributed by atoms with E-state index in [1.54, 1.807) is 5.01 Å². The summed E-state index contributed by atoms with van der Waals surface area (Å²) in [6.45, 7) is 11.5. The first-order valence-electron chi connectivity index (χ1n) is 12.4. The largest absolute Gasteiger partial charge is 0.477 e. The maximum absolute atomic E-state index is 13.4. The zero-order valence-electron chi connectivity index (χ0n) is 20.9. The number of nitrogens with one attached hydrogen (secondary N) is 1. The van der Waals surface area contributed by atoms with Crippen LogP contribution >= 0.6 is 0 Å². The lowest BCUT2D eigenvalue weighted by Crippen LogP contribution is -2.54. The van der Waals surface area contributed by atoms with Crippen molar-refractivity contribution in [3.63, 3.8) is 0 Å². The molecule has 4 heterocycles. The van der Waals surface area contributed by atoms with Crippen molar-refractivity contribution in [2.24, 2.45) is 10.1 Å². The third-order valence-corrected chi connectivity index (χ3v) is 8.47. The van der Waals surface area contributed by atoms with Crippen LogP contribution in [0.15, 0.2) is 27.3 Å². The highest BCUT2D eigenvalue weighted by molar-refractivity contribution is 7.89. The van der Waals surface area contributed by atoms with E-state index in [0.29, 0.717) is 50.6 Å². The minimum Gasteiger partial charge on any atom is -0.477 e. The summed E-state index contributed by atoms with van der Waals surface area (Å²) >= 11 is 0. The Balaban J connectivity index is 1.71. The van der Waals surface area contributed by atoms with E-state index in [4.69, 9.17) is 4.74 Å². The molecule has 2 atom stereocenters. The number of sulfonamides is 1. The molecule has 192 valence electrons. The number of carbonyl (C=O) groups excluding carboxylic acids is 1. The Morgan fingerprint density at radius 3 is 2.57 bits per heavy atom. The molecule has 1 saturated heterocycles. The van der Waals surface area contributed by atoms with Gasteiger partial charge in [-0.1, -0.05) is 27.2 Å². The van der Waals surface area contributed by atoms with E-state index in [9.17, 15) is 13.2 Å². The van der Waals surface area contributed by atoms with Crippen LogP contribution in [-0.2, 0) is 14.8 Å². The number of aromatic nitrogens is 1. The Morgan fingerprint density at radius 1 is 1.17 bits per heavy atom. The molecule has 0 aromatic carbocycles. The highest BCUT2D eigenvalue weighted by Crippen LogP contribution is 2.28. The number of hydrazone groups is 1. The molecule has 1 N–H and O–H groups in total. The fourth-order valence-corrected chi connectivity index (χ4v) is 5.88. The second kappa shape index (κ2) is 10.6. The summed E-state index contributed by atoms with van der Waals surface area (Å²) in [5.41, 5.74) is 0.344. The summed E-state index contributed by atoms with van der Waals surface area (Å²) in [5, 5.41) is 9.15. The van der Waals surface area contributed by atoms with Crippen molar-refractivity contribution >= 4 is 27.6 Å². The number of hydrogen-bond acceptors (Lipinski definition) is 9. The normalized spacial score (nSPS) is 23.5. The van der Waals surface area contributed by atoms with Crippen LogP contribution in [0.1, 0.15) is 52.5 Å². The number of amidine groups is 2. The number of likely N-dealkylation sites (N-methyl/N-ethyl adjacent to an activating group) is 1. The van der Waals surface area contributed by atoms with Gasteiger partial charge < -0.3 is 15.0 Å². The zero-order valence-corrected chi connectivity index (χ0v) is 21.7. The summed E-state index contributed by atoms with van der Waals surface area (Å²) < 4.78 is 34.3. The predicted octanol–water partition coefficient (Wildman–Crippen LogP) is 1.26. The molecule has 0 aliphatic carbocycles. The Bertz CT molecular complexity index is 1110. The Morgan fingerprint density at radius 2 is 1.91 bits per heavy atom. The molecule has 35 heavy (non-hydrogen) atoms. The van der Waals surface area contributed by atoms with E-state index in [1.165, 1.54) is 16.6 Å². The maximum atomic E-state index is 13.4. The van der Waals surface area contributed by atoms with E-state index < -0.39 is 16.1 Å². The lowest BCUT2D eigenvalue weighted by atomic mass is 10.1. The van der Waals surface area contributed by atoms with Crippen molar-refractivity contribution in [3.05, 3.63) is 17.8 Å². The summed E-state index contributed by atoms with van der Waals surface area (Å²) in [4.78, 5) is 24.2. The van der Waals surface area contributed by atoms with Crippen LogP contribution in [0.2, 0.25) is 0 Å². The number of piperazine rings is 1. The van der Waals surface area contributed by atoms with E-state index >= 15 is 0 Å². The number of nitrogens with zero attached hydrogens (tertiary/aromatic N) is 6. The van der Waals surface area contributed by atoms with Crippen LogP contribution in [0.3, 0.4) is 0 Å². The second-order valence-corrected chi connectivity index (χ2v) is 10.9. The Kier molecular flexibility index (Phi) is 7.72. The van der Waals surface area contributed by atoms with Gasteiger partial charge in [0.15, 0.2) is 11.9 Å². The second-order valence-electron chi connectivity index (χ2n) is 8.93. The first-order chi connectivity index (χ1) is 16.8. The number of amides is 1. The summed E-state index contributed by atoms with van der Waals surface area (Å²) in [6, 6.07) is 0.771. The van der Waals surface area contributed by atoms with Gasteiger partial charge in [0.05, 0.1) is 24.4 Å². The van der Waals surface area contributed by atoms with E-state index in [2.05, 4.69) is 39.1 Å². The van der Waals surface area contributed by atoms with Crippen LogP contribution in [0.5, 0.6) is 5.88 Å². The first kappa shape index (κ1) is 25.5. The van der Waals surface area contributed by atoms with Gasteiger partial charge >= 0.3 is 0 Å². The van der Waals surface area contributed by atoms with Crippen molar-refractivity contribution in [1.29, 1.82) is 0 Å². The highest BCUT2D eigenvalue weighted by atomic mass is 32.2. The number of fused-ring (bicyclic) bond motifs is 1. The van der Waals surface area contributed by atoms with Crippen molar-refractivity contribution in [1.82, 2.24) is 24.5 Å². The van der Waals surface area contributed by atoms with Crippen LogP contribution in [-0.4, -0.2) is 96.6 Å². The Hall–Kier alpha value is -2.57. The predicted molar refractivity (Wildman–Crippen MR) is 133 cm³/mol. The number of pyridine rings is 1. The van der Waals surface area contributed by atoms with Crippen LogP contribution in [0.4, 0.5) is 0 Å². The molecule has 4 rings (SSSR count). The minimum atomic E-state index is -3.77. The number of unbranched alkanes of at least 4 members (excludes halogenated alkanes) is 1. The molecular formula is C23H35N7O4S. The molecule has 1 aromatic rings. The SMILES string of the molecule is CCCCOc1ncc(S(=O)(=O)N2CCN(CC)CC2)cc1C1=NN2C(CC)=NC(C)C2C(=O)N1. The number of rotatable bonds is 9. The van der Waals surface area contributed by atoms with Gasteiger partial charge in [0.2, 0.25) is 15.9 Å². The van der Waals surface area contributed by atoms with Crippen molar-refractivity contribution in [3.8, 4) is 5.88 Å². The molecule has 2 unspecified atom stereocenters. The molecule has 1 aromatic heterocycles. The van der Waals surface area contributed by atoms with Gasteiger partial charge in [-0.05, 0) is 26.0 Å². The van der Waals surface area contributed by atoms with Gasteiger partial charge in [0.25, 0.3) is 5.91 Å². The molecule has 1 fully saturated rings. The molecule has 1 amide bonds. The summed E-state index contributed by atoms with van der Waals surface area (Å²) in [6.07, 6.45) is 3.71. The maximum Gasteiger partial charge on any atom is 0.252 e. The quantitative estimate of drug-likeness (QED) is 0.502. The third-order valence-electron chi connectivity index (χ3n) is 6.61. The minimum absolute atomic E-state index is 0.0542. The van der Waals surface area contributed by atoms with Gasteiger partial charge in [-0.15, -0.1) is 0 Å². The van der Waals surface area contributed by atoms with Crippen molar-refractivity contribution in [2.45, 2.75) is 63.9 Å². The molecule has 12 heteroatoms. The smallest absolute Gasteiger partial charge is 0.252 e. The van der Waals surface area contributed by atoms with Crippen molar-refractivity contribution < 1.29 is 17.9 Å². The molecule has 0 saturated carbocycles. The van der Waals surface area contributed by atoms with E-state index in [-0.39, 0.29) is 28.6 Å². The number of hydrogen-bond donors (Lipinski definition) is 1. The van der Waals surface area contributed by atoms with E-state index in [0.717, 1.165) is 19.4 Å². The lowest BCUT2D eigenvalue weighted by Gasteiger charge is -2.33. The van der Waals surface area contributed by atoms with E-state index in [1.807, 2.05) is 13.8 Å². The fourth-order valence-electron chi connectivity index (χ4n) is 4.48. The molecule has 3 aliphatic rings.